The van der Waals surface area contributed by atoms with Crippen LogP contribution in [0, 0.1) is 0 Å². The molecular formula is C25H30ClN5O3S. The lowest BCUT2D eigenvalue weighted by atomic mass is 9.97. The standard InChI is InChI=1S/C25H30ClN5O3S/c26-20-8-4-7-19(15-20)22(32)29-30-23(33)21-16-35-24(28-21)18-10-13-31(14-11-18)25(34)27-12-9-17-5-2-1-3-6-17/h4-5,7-8,15-16,18H,1-3,6,9-14H2,(H,27,34)(H,29,32)(H,30,33). The van der Waals surface area contributed by atoms with Gasteiger partial charge in [-0.25, -0.2) is 9.78 Å². The summed E-state index contributed by atoms with van der Waals surface area (Å²) in [5.74, 6) is -0.732. The van der Waals surface area contributed by atoms with Gasteiger partial charge in [-0.05, 0) is 63.1 Å². The normalized spacial score (nSPS) is 16.4. The van der Waals surface area contributed by atoms with E-state index in [1.54, 1.807) is 23.6 Å². The molecule has 10 heteroatoms. The zero-order chi connectivity index (χ0) is 24.6. The van der Waals surface area contributed by atoms with Crippen LogP contribution in [-0.4, -0.2) is 47.4 Å². The van der Waals surface area contributed by atoms with Gasteiger partial charge >= 0.3 is 6.03 Å². The third kappa shape index (κ3) is 7.05. The Kier molecular flexibility index (Phi) is 8.76. The average molecular weight is 516 g/mol. The summed E-state index contributed by atoms with van der Waals surface area (Å²) in [6, 6.07) is 6.45. The third-order valence-electron chi connectivity index (χ3n) is 6.37. The number of piperidine rings is 1. The zero-order valence-corrected chi connectivity index (χ0v) is 21.1. The van der Waals surface area contributed by atoms with Crippen LogP contribution in [-0.2, 0) is 0 Å². The van der Waals surface area contributed by atoms with E-state index in [2.05, 4.69) is 27.2 Å². The molecule has 2 aliphatic rings. The molecule has 0 atom stereocenters. The molecule has 3 N–H and O–H groups in total. The summed E-state index contributed by atoms with van der Waals surface area (Å²) < 4.78 is 0. The quantitative estimate of drug-likeness (QED) is 0.385. The Hall–Kier alpha value is -2.91. The highest BCUT2D eigenvalue weighted by molar-refractivity contribution is 7.09. The Morgan fingerprint density at radius 2 is 1.91 bits per heavy atom. The lowest BCUT2D eigenvalue weighted by Crippen LogP contribution is -2.44. The van der Waals surface area contributed by atoms with Crippen molar-refractivity contribution in [2.45, 2.75) is 50.9 Å². The Morgan fingerprint density at radius 1 is 1.11 bits per heavy atom. The molecule has 0 saturated carbocycles. The summed E-state index contributed by atoms with van der Waals surface area (Å²) in [5.41, 5.74) is 6.84. The molecule has 8 nitrogen and oxygen atoms in total. The lowest BCUT2D eigenvalue weighted by Gasteiger charge is -2.31. The minimum atomic E-state index is -0.479. The second-order valence-corrected chi connectivity index (χ2v) is 10.2. The number of carbonyl (C=O) groups is 3. The molecule has 35 heavy (non-hydrogen) atoms. The predicted octanol–water partition coefficient (Wildman–Crippen LogP) is 4.65. The molecule has 0 spiro atoms. The van der Waals surface area contributed by atoms with E-state index in [0.29, 0.717) is 30.2 Å². The summed E-state index contributed by atoms with van der Waals surface area (Å²) in [6.07, 6.45) is 9.71. The second-order valence-electron chi connectivity index (χ2n) is 8.84. The monoisotopic (exact) mass is 515 g/mol. The molecule has 1 aromatic carbocycles. The van der Waals surface area contributed by atoms with Crippen molar-refractivity contribution in [1.29, 1.82) is 0 Å². The van der Waals surface area contributed by atoms with E-state index in [1.165, 1.54) is 35.8 Å². The van der Waals surface area contributed by atoms with Gasteiger partial charge in [0.15, 0.2) is 0 Å². The molecule has 1 saturated heterocycles. The number of hydrogen-bond donors (Lipinski definition) is 3. The average Bonchev–Trinajstić information content (AvgIpc) is 3.38. The summed E-state index contributed by atoms with van der Waals surface area (Å²) in [7, 11) is 0. The van der Waals surface area contributed by atoms with Gasteiger partial charge < -0.3 is 10.2 Å². The fourth-order valence-corrected chi connectivity index (χ4v) is 5.52. The van der Waals surface area contributed by atoms with Gasteiger partial charge in [-0.15, -0.1) is 11.3 Å². The number of nitrogens with zero attached hydrogens (tertiary/aromatic N) is 2. The first kappa shape index (κ1) is 25.2. The lowest BCUT2D eigenvalue weighted by molar-refractivity contribution is 0.0844. The van der Waals surface area contributed by atoms with E-state index in [9.17, 15) is 14.4 Å². The summed E-state index contributed by atoms with van der Waals surface area (Å²) in [4.78, 5) is 43.5. The van der Waals surface area contributed by atoms with Crippen molar-refractivity contribution < 1.29 is 14.4 Å². The summed E-state index contributed by atoms with van der Waals surface area (Å²) >= 11 is 7.33. The van der Waals surface area contributed by atoms with Crippen LogP contribution in [0.25, 0.3) is 0 Å². The van der Waals surface area contributed by atoms with Crippen molar-refractivity contribution in [1.82, 2.24) is 26.1 Å². The Morgan fingerprint density at radius 3 is 2.66 bits per heavy atom. The number of aromatic nitrogens is 1. The highest BCUT2D eigenvalue weighted by Gasteiger charge is 2.26. The van der Waals surface area contributed by atoms with E-state index in [4.69, 9.17) is 11.6 Å². The highest BCUT2D eigenvalue weighted by atomic mass is 35.5. The molecular weight excluding hydrogens is 486 g/mol. The van der Waals surface area contributed by atoms with Crippen molar-refractivity contribution in [3.63, 3.8) is 0 Å². The maximum absolute atomic E-state index is 12.5. The fraction of sp³-hybridized carbons (Fsp3) is 0.440. The molecule has 1 aromatic heterocycles. The first-order valence-corrected chi connectivity index (χ1v) is 13.3. The number of likely N-dealkylation sites (tertiary alicyclic amines) is 1. The number of benzene rings is 1. The van der Waals surface area contributed by atoms with Gasteiger partial charge in [-0.2, -0.15) is 0 Å². The molecule has 1 fully saturated rings. The van der Waals surface area contributed by atoms with Crippen molar-refractivity contribution in [3.8, 4) is 0 Å². The van der Waals surface area contributed by atoms with Crippen LogP contribution in [0.15, 0.2) is 41.3 Å². The number of hydrazine groups is 1. The summed E-state index contributed by atoms with van der Waals surface area (Å²) in [5, 5.41) is 6.05. The number of rotatable bonds is 6. The van der Waals surface area contributed by atoms with Gasteiger partial charge in [0.1, 0.15) is 5.69 Å². The maximum atomic E-state index is 12.5. The number of nitrogens with one attached hydrogen (secondary N) is 3. The van der Waals surface area contributed by atoms with Crippen LogP contribution in [0.2, 0.25) is 5.02 Å². The number of hydrogen-bond acceptors (Lipinski definition) is 5. The number of allylic oxidation sites excluding steroid dienone is 1. The molecule has 1 aliphatic heterocycles. The van der Waals surface area contributed by atoms with Gasteiger partial charge in [-0.1, -0.05) is 29.3 Å². The molecule has 0 radical (unpaired) electrons. The predicted molar refractivity (Wildman–Crippen MR) is 137 cm³/mol. The Labute approximate surface area is 214 Å². The molecule has 2 heterocycles. The molecule has 4 amide bonds. The second kappa shape index (κ2) is 12.2. The summed E-state index contributed by atoms with van der Waals surface area (Å²) in [6.45, 7) is 2.01. The number of carbonyl (C=O) groups excluding carboxylic acids is 3. The topological polar surface area (TPSA) is 103 Å². The minimum absolute atomic E-state index is 0.00508. The van der Waals surface area contributed by atoms with E-state index in [0.717, 1.165) is 37.1 Å². The Balaban J connectivity index is 1.20. The molecule has 0 bridgehead atoms. The zero-order valence-electron chi connectivity index (χ0n) is 19.5. The van der Waals surface area contributed by atoms with Crippen LogP contribution in [0.5, 0.6) is 0 Å². The molecule has 0 unspecified atom stereocenters. The number of urea groups is 1. The van der Waals surface area contributed by atoms with Crippen LogP contribution < -0.4 is 16.2 Å². The third-order valence-corrected chi connectivity index (χ3v) is 7.61. The molecule has 186 valence electrons. The van der Waals surface area contributed by atoms with Crippen LogP contribution in [0.1, 0.15) is 76.7 Å². The number of thiazole rings is 1. The molecule has 4 rings (SSSR count). The van der Waals surface area contributed by atoms with Crippen molar-refractivity contribution in [2.24, 2.45) is 0 Å². The van der Waals surface area contributed by atoms with Gasteiger partial charge in [0.25, 0.3) is 11.8 Å². The van der Waals surface area contributed by atoms with E-state index >= 15 is 0 Å². The van der Waals surface area contributed by atoms with Crippen molar-refractivity contribution in [3.05, 3.63) is 62.6 Å². The fourth-order valence-electron chi connectivity index (χ4n) is 4.36. The highest BCUT2D eigenvalue weighted by Crippen LogP contribution is 2.30. The van der Waals surface area contributed by atoms with E-state index < -0.39 is 11.8 Å². The molecule has 2 aromatic rings. The number of amides is 4. The maximum Gasteiger partial charge on any atom is 0.317 e. The SMILES string of the molecule is O=C(NNC(=O)c1csc(C2CCN(C(=O)NCCC3=CCCCC3)CC2)n1)c1cccc(Cl)c1. The first-order chi connectivity index (χ1) is 17.0. The van der Waals surface area contributed by atoms with Gasteiger partial charge in [0, 0.05) is 41.5 Å². The van der Waals surface area contributed by atoms with E-state index in [-0.39, 0.29) is 17.6 Å². The first-order valence-electron chi connectivity index (χ1n) is 12.0. The molecule has 1 aliphatic carbocycles. The smallest absolute Gasteiger partial charge is 0.317 e. The van der Waals surface area contributed by atoms with Crippen LogP contribution in [0.3, 0.4) is 0 Å². The number of halogens is 1. The largest absolute Gasteiger partial charge is 0.338 e. The van der Waals surface area contributed by atoms with E-state index in [1.807, 2.05) is 4.90 Å². The minimum Gasteiger partial charge on any atom is -0.338 e. The Bertz CT molecular complexity index is 1090. The van der Waals surface area contributed by atoms with Crippen LogP contribution in [0.4, 0.5) is 4.79 Å². The van der Waals surface area contributed by atoms with Crippen molar-refractivity contribution >= 4 is 40.8 Å². The van der Waals surface area contributed by atoms with Gasteiger partial charge in [0.2, 0.25) is 0 Å². The van der Waals surface area contributed by atoms with Crippen molar-refractivity contribution in [2.75, 3.05) is 19.6 Å². The van der Waals surface area contributed by atoms with Gasteiger partial charge in [-0.3, -0.25) is 20.4 Å². The van der Waals surface area contributed by atoms with Crippen LogP contribution >= 0.6 is 22.9 Å². The van der Waals surface area contributed by atoms with Gasteiger partial charge in [0.05, 0.1) is 5.01 Å².